The van der Waals surface area contributed by atoms with E-state index in [0.29, 0.717) is 39.3 Å². The molecule has 47 heavy (non-hydrogen) atoms. The first-order valence-electron chi connectivity index (χ1n) is 14.6. The van der Waals surface area contributed by atoms with E-state index >= 15 is 0 Å². The lowest BCUT2D eigenvalue weighted by molar-refractivity contribution is -0.115. The van der Waals surface area contributed by atoms with Gasteiger partial charge in [-0.2, -0.15) is 0 Å². The minimum absolute atomic E-state index is 0.00290. The maximum Gasteiger partial charge on any atom is 0.348 e. The number of hydrogen-bond acceptors (Lipinski definition) is 12. The molecule has 0 spiro atoms. The number of ether oxygens (including phenoxy) is 4. The van der Waals surface area contributed by atoms with Crippen LogP contribution in [0.25, 0.3) is 5.69 Å². The number of nitrogens with one attached hydrogen (secondary N) is 2. The van der Waals surface area contributed by atoms with Crippen molar-refractivity contribution in [1.82, 2.24) is 20.1 Å². The van der Waals surface area contributed by atoms with Crippen molar-refractivity contribution in [2.75, 3.05) is 32.8 Å². The van der Waals surface area contributed by atoms with E-state index in [9.17, 15) is 19.2 Å². The molecule has 13 nitrogen and oxygen atoms in total. The summed E-state index contributed by atoms with van der Waals surface area (Å²) in [4.78, 5) is 52.2. The highest BCUT2D eigenvalue weighted by molar-refractivity contribution is 8.00. The molecule has 0 aliphatic carbocycles. The molecular weight excluding hydrogens is 647 g/mol. The normalized spacial score (nSPS) is 11.4. The van der Waals surface area contributed by atoms with Crippen LogP contribution in [-0.4, -0.2) is 71.2 Å². The smallest absolute Gasteiger partial charge is 0.348 e. The molecule has 0 unspecified atom stereocenters. The summed E-state index contributed by atoms with van der Waals surface area (Å²) in [5.74, 6) is -0.772. The number of benzene rings is 2. The van der Waals surface area contributed by atoms with Crippen LogP contribution in [0.1, 0.15) is 62.5 Å². The van der Waals surface area contributed by atoms with Crippen molar-refractivity contribution in [2.45, 2.75) is 44.6 Å². The SMILES string of the molecule is CCOC(=O)c1sc(NC(=O)[C@H](C)Sc2nnc(CNC(=O)c3ccccc3OC)n2-c2ccccc2OC)c(C(=O)OCC)c1C. The molecule has 1 atom stereocenters. The Labute approximate surface area is 280 Å². The summed E-state index contributed by atoms with van der Waals surface area (Å²) in [6.45, 7) is 6.88. The minimum Gasteiger partial charge on any atom is -0.496 e. The lowest BCUT2D eigenvalue weighted by atomic mass is 10.1. The van der Waals surface area contributed by atoms with Crippen LogP contribution in [0.4, 0.5) is 5.00 Å². The molecule has 2 amide bonds. The third kappa shape index (κ3) is 7.92. The number of esters is 2. The van der Waals surface area contributed by atoms with Gasteiger partial charge >= 0.3 is 11.9 Å². The average molecular weight is 682 g/mol. The van der Waals surface area contributed by atoms with Crippen LogP contribution in [-0.2, 0) is 20.8 Å². The van der Waals surface area contributed by atoms with Crippen molar-refractivity contribution < 1.29 is 38.1 Å². The summed E-state index contributed by atoms with van der Waals surface area (Å²) < 4.78 is 22.9. The fourth-order valence-corrected chi connectivity index (χ4v) is 6.47. The van der Waals surface area contributed by atoms with E-state index < -0.39 is 23.1 Å². The van der Waals surface area contributed by atoms with Gasteiger partial charge in [0.05, 0.1) is 56.0 Å². The Balaban J connectivity index is 1.62. The van der Waals surface area contributed by atoms with Gasteiger partial charge in [0.1, 0.15) is 21.4 Å². The second kappa shape index (κ2) is 16.1. The number of methoxy groups -OCH3 is 2. The number of thioether (sulfide) groups is 1. The molecular formula is C32H35N5O8S2. The second-order valence-corrected chi connectivity index (χ2v) is 12.1. The quantitative estimate of drug-likeness (QED) is 0.135. The molecule has 4 rings (SSSR count). The highest BCUT2D eigenvalue weighted by atomic mass is 32.2. The van der Waals surface area contributed by atoms with E-state index in [1.54, 1.807) is 68.7 Å². The zero-order valence-electron chi connectivity index (χ0n) is 26.7. The zero-order valence-corrected chi connectivity index (χ0v) is 28.4. The Hall–Kier alpha value is -4.89. The van der Waals surface area contributed by atoms with Gasteiger partial charge in [0.15, 0.2) is 11.0 Å². The Morgan fingerprint density at radius 1 is 0.915 bits per heavy atom. The van der Waals surface area contributed by atoms with Crippen LogP contribution >= 0.6 is 23.1 Å². The topological polar surface area (TPSA) is 160 Å². The molecule has 2 N–H and O–H groups in total. The Kier molecular flexibility index (Phi) is 12.0. The van der Waals surface area contributed by atoms with E-state index in [4.69, 9.17) is 18.9 Å². The number of aromatic nitrogens is 3. The molecule has 0 radical (unpaired) electrons. The lowest BCUT2D eigenvalue weighted by Gasteiger charge is -2.16. The molecule has 0 aliphatic heterocycles. The summed E-state index contributed by atoms with van der Waals surface area (Å²) in [6.07, 6.45) is 0. The molecule has 0 saturated heterocycles. The Bertz CT molecular complexity index is 1770. The number of hydrogen-bond donors (Lipinski definition) is 2. The highest BCUT2D eigenvalue weighted by Gasteiger charge is 2.29. The van der Waals surface area contributed by atoms with Crippen LogP contribution in [0.3, 0.4) is 0 Å². The molecule has 2 aromatic carbocycles. The van der Waals surface area contributed by atoms with E-state index in [2.05, 4.69) is 20.8 Å². The van der Waals surface area contributed by atoms with Gasteiger partial charge in [-0.1, -0.05) is 36.0 Å². The number of anilines is 1. The van der Waals surface area contributed by atoms with Crippen molar-refractivity contribution in [3.63, 3.8) is 0 Å². The van der Waals surface area contributed by atoms with E-state index in [1.165, 1.54) is 14.2 Å². The first-order chi connectivity index (χ1) is 22.6. The molecule has 2 aromatic heterocycles. The predicted octanol–water partition coefficient (Wildman–Crippen LogP) is 5.06. The Morgan fingerprint density at radius 2 is 1.55 bits per heavy atom. The first-order valence-corrected chi connectivity index (χ1v) is 16.3. The molecule has 0 fully saturated rings. The van der Waals surface area contributed by atoms with Crippen molar-refractivity contribution >= 4 is 51.9 Å². The van der Waals surface area contributed by atoms with Crippen molar-refractivity contribution in [2.24, 2.45) is 0 Å². The molecule has 2 heterocycles. The Morgan fingerprint density at radius 3 is 2.23 bits per heavy atom. The standard InChI is InChI=1S/C32H35N5O8S2/c1-7-44-30(40)25-18(3)26(31(41)45-8-2)47-29(25)34-27(38)19(4)46-32-36-35-24(37(32)21-14-10-12-16-23(21)43-6)17-33-28(39)20-13-9-11-15-22(20)42-5/h9-16,19H,7-8,17H2,1-6H3,(H,33,39)(H,34,38)/t19-/m0/s1. The summed E-state index contributed by atoms with van der Waals surface area (Å²) in [6, 6.07) is 14.1. The highest BCUT2D eigenvalue weighted by Crippen LogP contribution is 2.36. The molecule has 15 heteroatoms. The molecule has 4 aromatic rings. The number of para-hydroxylation sites is 3. The second-order valence-electron chi connectivity index (χ2n) is 9.74. The van der Waals surface area contributed by atoms with Crippen molar-refractivity contribution in [3.05, 3.63) is 75.9 Å². The van der Waals surface area contributed by atoms with Crippen LogP contribution in [0.2, 0.25) is 0 Å². The minimum atomic E-state index is -0.757. The van der Waals surface area contributed by atoms with Crippen LogP contribution in [0.15, 0.2) is 53.7 Å². The number of rotatable bonds is 14. The molecule has 248 valence electrons. The van der Waals surface area contributed by atoms with Gasteiger partial charge in [-0.05, 0) is 57.5 Å². The first kappa shape index (κ1) is 35.0. The maximum atomic E-state index is 13.5. The van der Waals surface area contributed by atoms with Gasteiger partial charge < -0.3 is 29.6 Å². The molecule has 0 bridgehead atoms. The summed E-state index contributed by atoms with van der Waals surface area (Å²) in [5.41, 5.74) is 1.40. The van der Waals surface area contributed by atoms with Crippen molar-refractivity contribution in [3.8, 4) is 17.2 Å². The van der Waals surface area contributed by atoms with Gasteiger partial charge in [0, 0.05) is 0 Å². The third-order valence-electron chi connectivity index (χ3n) is 6.76. The average Bonchev–Trinajstić information content (AvgIpc) is 3.62. The van der Waals surface area contributed by atoms with Crippen molar-refractivity contribution in [1.29, 1.82) is 0 Å². The molecule has 0 aliphatic rings. The number of amides is 2. The maximum absolute atomic E-state index is 13.5. The zero-order chi connectivity index (χ0) is 34.1. The van der Waals surface area contributed by atoms with E-state index in [1.807, 2.05) is 12.1 Å². The fraction of sp³-hybridized carbons (Fsp3) is 0.312. The van der Waals surface area contributed by atoms with Gasteiger partial charge in [0.25, 0.3) is 5.91 Å². The van der Waals surface area contributed by atoms with Crippen LogP contribution < -0.4 is 20.1 Å². The number of carbonyl (C=O) groups excluding carboxylic acids is 4. The predicted molar refractivity (Wildman–Crippen MR) is 177 cm³/mol. The fourth-order valence-electron chi connectivity index (χ4n) is 4.50. The lowest BCUT2D eigenvalue weighted by Crippen LogP contribution is -2.25. The van der Waals surface area contributed by atoms with E-state index in [-0.39, 0.29) is 41.1 Å². The van der Waals surface area contributed by atoms with Crippen LogP contribution in [0, 0.1) is 6.92 Å². The van der Waals surface area contributed by atoms with Gasteiger partial charge in [-0.15, -0.1) is 21.5 Å². The van der Waals surface area contributed by atoms with Crippen LogP contribution in [0.5, 0.6) is 11.5 Å². The molecule has 0 saturated carbocycles. The van der Waals surface area contributed by atoms with Gasteiger partial charge in [-0.3, -0.25) is 14.2 Å². The number of carbonyl (C=O) groups is 4. The van der Waals surface area contributed by atoms with E-state index in [0.717, 1.165) is 23.1 Å². The van der Waals surface area contributed by atoms with Gasteiger partial charge in [-0.25, -0.2) is 9.59 Å². The number of nitrogens with zero attached hydrogens (tertiary/aromatic N) is 3. The third-order valence-corrected chi connectivity index (χ3v) is 8.99. The summed E-state index contributed by atoms with van der Waals surface area (Å²) in [5, 5.41) is 14.1. The summed E-state index contributed by atoms with van der Waals surface area (Å²) in [7, 11) is 3.02. The van der Waals surface area contributed by atoms with Gasteiger partial charge in [0.2, 0.25) is 5.91 Å². The number of thiophene rings is 1. The summed E-state index contributed by atoms with van der Waals surface area (Å²) >= 11 is 2.05. The monoisotopic (exact) mass is 681 g/mol. The largest absolute Gasteiger partial charge is 0.496 e.